The second-order valence-corrected chi connectivity index (χ2v) is 9.77. The zero-order valence-corrected chi connectivity index (χ0v) is 14.0. The van der Waals surface area contributed by atoms with Crippen LogP contribution in [0.3, 0.4) is 0 Å². The first kappa shape index (κ1) is 14.6. The molecule has 112 valence electrons. The van der Waals surface area contributed by atoms with Gasteiger partial charge in [-0.3, -0.25) is 0 Å². The number of aromatic nitrogens is 1. The smallest absolute Gasteiger partial charge is 0.0976 e. The molecule has 1 aliphatic carbocycles. The Morgan fingerprint density at radius 2 is 2.15 bits per heavy atom. The topological polar surface area (TPSA) is 54.0 Å². The average molecular weight is 313 g/mol. The van der Waals surface area contributed by atoms with Crippen LogP contribution >= 0.6 is 11.3 Å². The van der Waals surface area contributed by atoms with E-state index in [0.717, 1.165) is 32.4 Å². The maximum atomic E-state index is 12.5. The quantitative estimate of drug-likeness (QED) is 0.880. The fourth-order valence-electron chi connectivity index (χ4n) is 3.21. The van der Waals surface area contributed by atoms with Gasteiger partial charge in [0.15, 0.2) is 0 Å². The fourth-order valence-corrected chi connectivity index (χ4v) is 5.22. The van der Waals surface area contributed by atoms with E-state index in [-0.39, 0.29) is 16.2 Å². The predicted molar refractivity (Wildman–Crippen MR) is 84.1 cm³/mol. The van der Waals surface area contributed by atoms with Gasteiger partial charge in [-0.25, -0.2) is 13.9 Å². The lowest BCUT2D eigenvalue weighted by molar-refractivity contribution is 0.165. The van der Waals surface area contributed by atoms with E-state index in [1.807, 2.05) is 26.3 Å². The van der Waals surface area contributed by atoms with E-state index in [0.29, 0.717) is 0 Å². The molecular weight excluding hydrogens is 290 g/mol. The lowest BCUT2D eigenvalue weighted by Gasteiger charge is -2.40. The van der Waals surface area contributed by atoms with E-state index in [1.54, 1.807) is 11.3 Å². The van der Waals surface area contributed by atoms with Gasteiger partial charge in [0.05, 0.1) is 33.0 Å². The maximum Gasteiger partial charge on any atom is 0.0976 e. The summed E-state index contributed by atoms with van der Waals surface area (Å²) in [6.07, 6.45) is 3.30. The summed E-state index contributed by atoms with van der Waals surface area (Å²) in [6, 6.07) is 0.201. The van der Waals surface area contributed by atoms with Crippen molar-refractivity contribution in [1.29, 1.82) is 0 Å². The highest BCUT2D eigenvalue weighted by Crippen LogP contribution is 2.52. The molecule has 0 bridgehead atoms. The molecule has 2 heterocycles. The number of hydrogen-bond donors (Lipinski definition) is 2. The van der Waals surface area contributed by atoms with Crippen molar-refractivity contribution in [2.75, 3.05) is 13.1 Å². The summed E-state index contributed by atoms with van der Waals surface area (Å²) in [5.41, 5.74) is 3.36. The van der Waals surface area contributed by atoms with Crippen LogP contribution in [0.4, 0.5) is 0 Å². The standard InChI is InChI=1S/C14H23N3OS2/c1-13(2,3)20(18)17-12-11-10(16-9-19-11)8-14(12)4-6-15-7-5-14/h9,12,15,17H,4-8H2,1-3H3/t12-,20+/m1/s1. The monoisotopic (exact) mass is 313 g/mol. The summed E-state index contributed by atoms with van der Waals surface area (Å²) in [6.45, 7) is 8.17. The van der Waals surface area contributed by atoms with Crippen molar-refractivity contribution < 1.29 is 4.21 Å². The lowest BCUT2D eigenvalue weighted by Crippen LogP contribution is -2.46. The Balaban J connectivity index is 1.89. The molecule has 6 heteroatoms. The largest absolute Gasteiger partial charge is 0.317 e. The van der Waals surface area contributed by atoms with Crippen LogP contribution in [0.5, 0.6) is 0 Å². The van der Waals surface area contributed by atoms with E-state index in [9.17, 15) is 4.21 Å². The molecule has 0 unspecified atom stereocenters. The Kier molecular flexibility index (Phi) is 3.77. The third-order valence-electron chi connectivity index (χ3n) is 4.45. The van der Waals surface area contributed by atoms with Gasteiger partial charge in [0, 0.05) is 4.88 Å². The molecular formula is C14H23N3OS2. The van der Waals surface area contributed by atoms with Gasteiger partial charge in [-0.1, -0.05) is 0 Å². The van der Waals surface area contributed by atoms with Gasteiger partial charge in [0.2, 0.25) is 0 Å². The van der Waals surface area contributed by atoms with Crippen LogP contribution in [0, 0.1) is 5.41 Å². The zero-order valence-electron chi connectivity index (χ0n) is 12.4. The first-order chi connectivity index (χ1) is 9.42. The summed E-state index contributed by atoms with van der Waals surface area (Å²) in [4.78, 5) is 5.83. The number of piperidine rings is 1. The summed E-state index contributed by atoms with van der Waals surface area (Å²) >= 11 is 1.71. The molecule has 1 aliphatic heterocycles. The van der Waals surface area contributed by atoms with Crippen molar-refractivity contribution >= 4 is 22.3 Å². The fraction of sp³-hybridized carbons (Fsp3) is 0.786. The summed E-state index contributed by atoms with van der Waals surface area (Å²) in [5.74, 6) is 0. The molecule has 1 fully saturated rings. The molecule has 0 radical (unpaired) electrons. The predicted octanol–water partition coefficient (Wildman–Crippen LogP) is 2.16. The Labute approximate surface area is 127 Å². The Hall–Kier alpha value is -0.300. The van der Waals surface area contributed by atoms with Crippen LogP contribution in [0.15, 0.2) is 5.51 Å². The van der Waals surface area contributed by atoms with Gasteiger partial charge < -0.3 is 5.32 Å². The second-order valence-electron chi connectivity index (χ2n) is 6.88. The summed E-state index contributed by atoms with van der Waals surface area (Å²) in [5, 5.41) is 3.44. The highest BCUT2D eigenvalue weighted by Gasteiger charge is 2.49. The van der Waals surface area contributed by atoms with Crippen LogP contribution in [-0.4, -0.2) is 27.0 Å². The Bertz CT molecular complexity index is 515. The van der Waals surface area contributed by atoms with Crippen LogP contribution in [0.25, 0.3) is 0 Å². The molecule has 1 spiro atoms. The van der Waals surface area contributed by atoms with Crippen LogP contribution in [-0.2, 0) is 17.4 Å². The van der Waals surface area contributed by atoms with Crippen molar-refractivity contribution in [2.24, 2.45) is 5.41 Å². The molecule has 0 aromatic carbocycles. The summed E-state index contributed by atoms with van der Waals surface area (Å²) < 4.78 is 15.7. The molecule has 1 aromatic heterocycles. The molecule has 4 nitrogen and oxygen atoms in total. The third kappa shape index (κ3) is 2.47. The van der Waals surface area contributed by atoms with Crippen molar-refractivity contribution in [3.05, 3.63) is 16.1 Å². The molecule has 2 atom stereocenters. The molecule has 2 N–H and O–H groups in total. The maximum absolute atomic E-state index is 12.5. The first-order valence-electron chi connectivity index (χ1n) is 7.23. The second kappa shape index (κ2) is 5.16. The van der Waals surface area contributed by atoms with Gasteiger partial charge in [0.25, 0.3) is 0 Å². The van der Waals surface area contributed by atoms with E-state index >= 15 is 0 Å². The van der Waals surface area contributed by atoms with Gasteiger partial charge in [-0.05, 0) is 58.5 Å². The number of nitrogens with zero attached hydrogens (tertiary/aromatic N) is 1. The van der Waals surface area contributed by atoms with E-state index in [4.69, 9.17) is 0 Å². The number of nitrogens with one attached hydrogen (secondary N) is 2. The first-order valence-corrected chi connectivity index (χ1v) is 9.26. The normalized spacial score (nSPS) is 26.6. The van der Waals surface area contributed by atoms with Crippen LogP contribution in [0.2, 0.25) is 0 Å². The minimum Gasteiger partial charge on any atom is -0.317 e. The van der Waals surface area contributed by atoms with E-state index in [2.05, 4.69) is 15.0 Å². The molecule has 3 rings (SSSR count). The Morgan fingerprint density at radius 3 is 2.80 bits per heavy atom. The van der Waals surface area contributed by atoms with Crippen LogP contribution < -0.4 is 10.0 Å². The number of hydrogen-bond acceptors (Lipinski definition) is 4. The SMILES string of the molecule is CC(C)(C)[S@](=O)N[C@@H]1c2scnc2CC12CCNCC2. The number of thiazole rings is 1. The van der Waals surface area contributed by atoms with Crippen molar-refractivity contribution in [2.45, 2.75) is 50.8 Å². The lowest BCUT2D eigenvalue weighted by atomic mass is 9.74. The third-order valence-corrected chi connectivity index (χ3v) is 6.95. The molecule has 1 saturated heterocycles. The van der Waals surface area contributed by atoms with Crippen molar-refractivity contribution in [3.63, 3.8) is 0 Å². The summed E-state index contributed by atoms with van der Waals surface area (Å²) in [7, 11) is -1.04. The molecule has 0 amide bonds. The van der Waals surface area contributed by atoms with E-state index in [1.165, 1.54) is 10.6 Å². The van der Waals surface area contributed by atoms with Gasteiger partial charge in [0.1, 0.15) is 0 Å². The van der Waals surface area contributed by atoms with E-state index < -0.39 is 11.0 Å². The highest BCUT2D eigenvalue weighted by atomic mass is 32.2. The minimum atomic E-state index is -1.04. The molecule has 20 heavy (non-hydrogen) atoms. The zero-order chi connectivity index (χ0) is 14.4. The molecule has 0 saturated carbocycles. The van der Waals surface area contributed by atoms with Crippen LogP contribution in [0.1, 0.15) is 50.2 Å². The molecule has 1 aromatic rings. The average Bonchev–Trinajstić information content (AvgIpc) is 2.91. The Morgan fingerprint density at radius 1 is 1.45 bits per heavy atom. The van der Waals surface area contributed by atoms with Gasteiger partial charge in [-0.15, -0.1) is 11.3 Å². The number of rotatable bonds is 2. The van der Waals surface area contributed by atoms with Gasteiger partial charge >= 0.3 is 0 Å². The van der Waals surface area contributed by atoms with Gasteiger partial charge in [-0.2, -0.15) is 0 Å². The number of fused-ring (bicyclic) bond motifs is 1. The highest BCUT2D eigenvalue weighted by molar-refractivity contribution is 7.84. The van der Waals surface area contributed by atoms with Crippen molar-refractivity contribution in [1.82, 2.24) is 15.0 Å². The van der Waals surface area contributed by atoms with Crippen molar-refractivity contribution in [3.8, 4) is 0 Å². The minimum absolute atomic E-state index is 0.201. The molecule has 2 aliphatic rings.